The SMILES string of the molecule is COC(=O)c1[c]c(Cl)cc(Cl)c1C=CNc1ccc(C(=O)O)cc1. The summed E-state index contributed by atoms with van der Waals surface area (Å²) in [5.74, 6) is -1.60. The molecule has 0 amide bonds. The van der Waals surface area contributed by atoms with Crippen LogP contribution in [-0.4, -0.2) is 24.2 Å². The first kappa shape index (κ1) is 17.8. The van der Waals surface area contributed by atoms with Gasteiger partial charge in [-0.3, -0.25) is 0 Å². The van der Waals surface area contributed by atoms with Crippen molar-refractivity contribution in [3.8, 4) is 0 Å². The van der Waals surface area contributed by atoms with Gasteiger partial charge in [0.15, 0.2) is 0 Å². The zero-order valence-corrected chi connectivity index (χ0v) is 14.0. The highest BCUT2D eigenvalue weighted by molar-refractivity contribution is 6.36. The van der Waals surface area contributed by atoms with Gasteiger partial charge in [-0.15, -0.1) is 0 Å². The topological polar surface area (TPSA) is 75.6 Å². The van der Waals surface area contributed by atoms with Crippen molar-refractivity contribution in [1.29, 1.82) is 0 Å². The molecule has 0 aliphatic carbocycles. The van der Waals surface area contributed by atoms with Gasteiger partial charge in [0.05, 0.1) is 28.3 Å². The lowest BCUT2D eigenvalue weighted by Gasteiger charge is -2.07. The van der Waals surface area contributed by atoms with E-state index in [1.807, 2.05) is 0 Å². The van der Waals surface area contributed by atoms with Crippen LogP contribution in [0.15, 0.2) is 36.5 Å². The molecule has 5 nitrogen and oxygen atoms in total. The molecule has 7 heteroatoms. The molecule has 0 fully saturated rings. The number of esters is 1. The van der Waals surface area contributed by atoms with Crippen LogP contribution >= 0.6 is 23.2 Å². The standard InChI is InChI=1S/C17H12Cl2NO4/c1-24-17(23)14-8-11(18)9-15(19)13(14)6-7-20-12-4-2-10(3-5-12)16(21)22/h2-7,9,20H,1H3,(H,21,22). The fourth-order valence-corrected chi connectivity index (χ4v) is 2.41. The predicted octanol–water partition coefficient (Wildman–Crippen LogP) is 4.36. The molecular weight excluding hydrogens is 353 g/mol. The molecule has 0 saturated carbocycles. The summed E-state index contributed by atoms with van der Waals surface area (Å²) in [5.41, 5.74) is 1.38. The van der Waals surface area contributed by atoms with Gasteiger partial charge in [0.2, 0.25) is 0 Å². The normalized spacial score (nSPS) is 10.6. The number of carboxylic acid groups (broad SMARTS) is 1. The Morgan fingerprint density at radius 1 is 1.25 bits per heavy atom. The quantitative estimate of drug-likeness (QED) is 0.770. The van der Waals surface area contributed by atoms with Crippen LogP contribution in [0.1, 0.15) is 26.3 Å². The Kier molecular flexibility index (Phi) is 5.84. The van der Waals surface area contributed by atoms with Gasteiger partial charge in [0.25, 0.3) is 0 Å². The number of halogens is 2. The number of carbonyl (C=O) groups excluding carboxylic acids is 1. The molecule has 2 aromatic carbocycles. The average Bonchev–Trinajstić information content (AvgIpc) is 2.56. The third-order valence-corrected chi connectivity index (χ3v) is 3.56. The Labute approximate surface area is 148 Å². The predicted molar refractivity (Wildman–Crippen MR) is 92.7 cm³/mol. The highest BCUT2D eigenvalue weighted by Crippen LogP contribution is 2.26. The molecule has 2 N–H and O–H groups in total. The molecular formula is C17H12Cl2NO4. The van der Waals surface area contributed by atoms with E-state index in [1.54, 1.807) is 24.4 Å². The Morgan fingerprint density at radius 3 is 2.50 bits per heavy atom. The molecule has 0 unspecified atom stereocenters. The molecule has 123 valence electrons. The fourth-order valence-electron chi connectivity index (χ4n) is 1.89. The second-order valence-electron chi connectivity index (χ2n) is 4.61. The molecule has 24 heavy (non-hydrogen) atoms. The van der Waals surface area contributed by atoms with Crippen molar-refractivity contribution in [3.63, 3.8) is 0 Å². The molecule has 0 aliphatic heterocycles. The highest BCUT2D eigenvalue weighted by Gasteiger charge is 2.15. The largest absolute Gasteiger partial charge is 0.478 e. The molecule has 1 radical (unpaired) electrons. The molecule has 2 rings (SSSR count). The number of benzene rings is 2. The van der Waals surface area contributed by atoms with E-state index in [1.165, 1.54) is 25.3 Å². The molecule has 2 aromatic rings. The third kappa shape index (κ3) is 4.28. The van der Waals surface area contributed by atoms with Crippen LogP contribution in [-0.2, 0) is 4.74 Å². The summed E-state index contributed by atoms with van der Waals surface area (Å²) in [6.45, 7) is 0. The second kappa shape index (κ2) is 7.86. The van der Waals surface area contributed by atoms with Crippen LogP contribution in [0.3, 0.4) is 0 Å². The van der Waals surface area contributed by atoms with Crippen LogP contribution in [0, 0.1) is 6.07 Å². The molecule has 0 atom stereocenters. The minimum Gasteiger partial charge on any atom is -0.478 e. The van der Waals surface area contributed by atoms with E-state index in [0.29, 0.717) is 11.3 Å². The molecule has 0 aromatic heterocycles. The Bertz CT molecular complexity index is 801. The first-order valence-corrected chi connectivity index (χ1v) is 7.44. The van der Waals surface area contributed by atoms with Gasteiger partial charge in [-0.1, -0.05) is 23.2 Å². The number of hydrogen-bond acceptors (Lipinski definition) is 4. The number of nitrogens with one attached hydrogen (secondary N) is 1. The highest BCUT2D eigenvalue weighted by atomic mass is 35.5. The number of carboxylic acids is 1. The molecule has 0 bridgehead atoms. The van der Waals surface area contributed by atoms with E-state index in [0.717, 1.165) is 0 Å². The van der Waals surface area contributed by atoms with Crippen molar-refractivity contribution in [2.75, 3.05) is 12.4 Å². The van der Waals surface area contributed by atoms with Crippen molar-refractivity contribution in [3.05, 3.63) is 69.3 Å². The van der Waals surface area contributed by atoms with Crippen LogP contribution in [0.4, 0.5) is 5.69 Å². The van der Waals surface area contributed by atoms with Crippen molar-refractivity contribution in [2.24, 2.45) is 0 Å². The minimum atomic E-state index is -0.997. The van der Waals surface area contributed by atoms with Gasteiger partial charge in [-0.25, -0.2) is 9.59 Å². The number of rotatable bonds is 5. The summed E-state index contributed by atoms with van der Waals surface area (Å²) in [6, 6.07) is 10.3. The zero-order valence-electron chi connectivity index (χ0n) is 12.5. The van der Waals surface area contributed by atoms with Crippen molar-refractivity contribution < 1.29 is 19.4 Å². The smallest absolute Gasteiger partial charge is 0.339 e. The Morgan fingerprint density at radius 2 is 1.92 bits per heavy atom. The van der Waals surface area contributed by atoms with Crippen molar-refractivity contribution in [2.45, 2.75) is 0 Å². The van der Waals surface area contributed by atoms with E-state index < -0.39 is 11.9 Å². The maximum atomic E-state index is 11.8. The minimum absolute atomic E-state index is 0.120. The van der Waals surface area contributed by atoms with Gasteiger partial charge in [-0.05, 0) is 36.4 Å². The van der Waals surface area contributed by atoms with Crippen LogP contribution in [0.25, 0.3) is 6.08 Å². The van der Waals surface area contributed by atoms with E-state index >= 15 is 0 Å². The van der Waals surface area contributed by atoms with E-state index in [-0.39, 0.29) is 21.2 Å². The molecule has 0 spiro atoms. The maximum absolute atomic E-state index is 11.8. The number of carbonyl (C=O) groups is 2. The lowest BCUT2D eigenvalue weighted by Crippen LogP contribution is -2.05. The summed E-state index contributed by atoms with van der Waals surface area (Å²) in [6.07, 6.45) is 3.14. The first-order valence-electron chi connectivity index (χ1n) is 6.68. The van der Waals surface area contributed by atoms with Gasteiger partial charge in [-0.2, -0.15) is 0 Å². The Hall–Kier alpha value is -2.50. The molecule has 0 saturated heterocycles. The van der Waals surface area contributed by atoms with Crippen molar-refractivity contribution in [1.82, 2.24) is 0 Å². The number of ether oxygens (including phenoxy) is 1. The fraction of sp³-hybridized carbons (Fsp3) is 0.0588. The summed E-state index contributed by atoms with van der Waals surface area (Å²) in [5, 5.41) is 12.3. The second-order valence-corrected chi connectivity index (χ2v) is 5.42. The monoisotopic (exact) mass is 364 g/mol. The first-order chi connectivity index (χ1) is 11.4. The van der Waals surface area contributed by atoms with E-state index in [4.69, 9.17) is 28.3 Å². The van der Waals surface area contributed by atoms with Gasteiger partial charge < -0.3 is 15.2 Å². The van der Waals surface area contributed by atoms with Crippen LogP contribution in [0.2, 0.25) is 10.0 Å². The lowest BCUT2D eigenvalue weighted by atomic mass is 10.1. The summed E-state index contributed by atoms with van der Waals surface area (Å²) < 4.78 is 4.69. The lowest BCUT2D eigenvalue weighted by molar-refractivity contribution is 0.0599. The van der Waals surface area contributed by atoms with Gasteiger partial charge >= 0.3 is 11.9 Å². The van der Waals surface area contributed by atoms with Gasteiger partial charge in [0.1, 0.15) is 0 Å². The van der Waals surface area contributed by atoms with Crippen LogP contribution in [0.5, 0.6) is 0 Å². The van der Waals surface area contributed by atoms with Crippen molar-refractivity contribution >= 4 is 46.9 Å². The summed E-state index contributed by atoms with van der Waals surface area (Å²) >= 11 is 12.0. The molecule has 0 aliphatic rings. The number of aromatic carboxylic acids is 1. The van der Waals surface area contributed by atoms with E-state index in [2.05, 4.69) is 16.1 Å². The summed E-state index contributed by atoms with van der Waals surface area (Å²) in [4.78, 5) is 22.6. The number of hydrogen-bond donors (Lipinski definition) is 2. The van der Waals surface area contributed by atoms with Crippen LogP contribution < -0.4 is 5.32 Å². The van der Waals surface area contributed by atoms with Gasteiger partial charge in [0, 0.05) is 23.5 Å². The number of anilines is 1. The van der Waals surface area contributed by atoms with E-state index in [9.17, 15) is 9.59 Å². The zero-order chi connectivity index (χ0) is 17.7. The number of methoxy groups -OCH3 is 1. The maximum Gasteiger partial charge on any atom is 0.339 e. The summed E-state index contributed by atoms with van der Waals surface area (Å²) in [7, 11) is 1.25. The average molecular weight is 365 g/mol. The Balaban J connectivity index is 2.22. The molecule has 0 heterocycles. The third-order valence-electron chi connectivity index (χ3n) is 3.05.